The monoisotopic (exact) mass is 333 g/mol. The van der Waals surface area contributed by atoms with Crippen molar-refractivity contribution in [2.45, 2.75) is 25.9 Å². The molecule has 1 aliphatic rings. The first-order valence-electron chi connectivity index (χ1n) is 7.01. The summed E-state index contributed by atoms with van der Waals surface area (Å²) in [7, 11) is 0. The molecular formula is C14H15F4N3O2. The fourth-order valence-electron chi connectivity index (χ4n) is 2.17. The third kappa shape index (κ3) is 4.17. The SMILES string of the molecule is CCOC(=O)C(F)=C1CCN(c2ncc(C(F)(F)F)cn2)CC1. The lowest BCUT2D eigenvalue weighted by atomic mass is 10.0. The van der Waals surface area contributed by atoms with Gasteiger partial charge in [0.05, 0.1) is 12.2 Å². The fourth-order valence-corrected chi connectivity index (χ4v) is 2.17. The van der Waals surface area contributed by atoms with E-state index in [4.69, 9.17) is 0 Å². The number of esters is 1. The number of hydrogen-bond donors (Lipinski definition) is 0. The van der Waals surface area contributed by atoms with Gasteiger partial charge in [0.2, 0.25) is 11.8 Å². The Kier molecular flexibility index (Phi) is 5.17. The molecule has 0 unspecified atom stereocenters. The number of aromatic nitrogens is 2. The van der Waals surface area contributed by atoms with Crippen molar-refractivity contribution in [2.75, 3.05) is 24.6 Å². The minimum Gasteiger partial charge on any atom is -0.461 e. The quantitative estimate of drug-likeness (QED) is 0.484. The van der Waals surface area contributed by atoms with E-state index in [2.05, 4.69) is 14.7 Å². The first-order chi connectivity index (χ1) is 10.8. The van der Waals surface area contributed by atoms with Crippen molar-refractivity contribution < 1.29 is 27.1 Å². The van der Waals surface area contributed by atoms with Gasteiger partial charge >= 0.3 is 12.1 Å². The van der Waals surface area contributed by atoms with Gasteiger partial charge in [-0.2, -0.15) is 17.6 Å². The van der Waals surface area contributed by atoms with Gasteiger partial charge in [-0.15, -0.1) is 0 Å². The number of halogens is 4. The van der Waals surface area contributed by atoms with E-state index in [-0.39, 0.29) is 25.4 Å². The van der Waals surface area contributed by atoms with Gasteiger partial charge in [0, 0.05) is 25.5 Å². The topological polar surface area (TPSA) is 55.3 Å². The van der Waals surface area contributed by atoms with Crippen LogP contribution in [0.15, 0.2) is 23.8 Å². The van der Waals surface area contributed by atoms with Crippen LogP contribution in [0.3, 0.4) is 0 Å². The maximum absolute atomic E-state index is 13.8. The second kappa shape index (κ2) is 6.93. The van der Waals surface area contributed by atoms with Gasteiger partial charge in [-0.05, 0) is 25.3 Å². The number of carbonyl (C=O) groups excluding carboxylic acids is 1. The van der Waals surface area contributed by atoms with Gasteiger partial charge in [0.15, 0.2) is 0 Å². The molecule has 5 nitrogen and oxygen atoms in total. The third-order valence-corrected chi connectivity index (χ3v) is 3.38. The smallest absolute Gasteiger partial charge is 0.419 e. The van der Waals surface area contributed by atoms with Crippen LogP contribution in [0.1, 0.15) is 25.3 Å². The van der Waals surface area contributed by atoms with Gasteiger partial charge in [-0.25, -0.2) is 14.8 Å². The molecule has 0 N–H and O–H groups in total. The van der Waals surface area contributed by atoms with E-state index in [1.165, 1.54) is 0 Å². The van der Waals surface area contributed by atoms with Crippen LogP contribution in [0.25, 0.3) is 0 Å². The summed E-state index contributed by atoms with van der Waals surface area (Å²) in [5.41, 5.74) is -0.584. The molecule has 126 valence electrons. The molecule has 0 radical (unpaired) electrons. The lowest BCUT2D eigenvalue weighted by Gasteiger charge is -2.28. The second-order valence-corrected chi connectivity index (χ2v) is 4.89. The fraction of sp³-hybridized carbons (Fsp3) is 0.500. The van der Waals surface area contributed by atoms with Crippen LogP contribution < -0.4 is 4.90 Å². The minimum atomic E-state index is -4.49. The summed E-state index contributed by atoms with van der Waals surface area (Å²) >= 11 is 0. The Bertz CT molecular complexity index is 589. The molecule has 23 heavy (non-hydrogen) atoms. The van der Waals surface area contributed by atoms with E-state index in [9.17, 15) is 22.4 Å². The Morgan fingerprint density at radius 1 is 1.26 bits per heavy atom. The molecule has 2 heterocycles. The Morgan fingerprint density at radius 2 is 1.83 bits per heavy atom. The Balaban J connectivity index is 2.02. The Morgan fingerprint density at radius 3 is 2.30 bits per heavy atom. The first kappa shape index (κ1) is 17.2. The number of nitrogens with zero attached hydrogens (tertiary/aromatic N) is 3. The van der Waals surface area contributed by atoms with E-state index < -0.39 is 23.5 Å². The summed E-state index contributed by atoms with van der Waals surface area (Å²) in [6, 6.07) is 0. The maximum Gasteiger partial charge on any atom is 0.419 e. The van der Waals surface area contributed by atoms with Crippen molar-refractivity contribution in [3.63, 3.8) is 0 Å². The molecule has 0 aromatic carbocycles. The summed E-state index contributed by atoms with van der Waals surface area (Å²) in [6.45, 7) is 2.30. The van der Waals surface area contributed by atoms with Gasteiger partial charge in [-0.3, -0.25) is 0 Å². The van der Waals surface area contributed by atoms with Gasteiger partial charge < -0.3 is 9.64 Å². The molecule has 2 rings (SSSR count). The number of piperidine rings is 1. The molecule has 0 aliphatic carbocycles. The van der Waals surface area contributed by atoms with Gasteiger partial charge in [0.1, 0.15) is 0 Å². The third-order valence-electron chi connectivity index (χ3n) is 3.38. The largest absolute Gasteiger partial charge is 0.461 e. The van der Waals surface area contributed by atoms with Crippen LogP contribution >= 0.6 is 0 Å². The molecular weight excluding hydrogens is 318 g/mol. The number of ether oxygens (including phenoxy) is 1. The van der Waals surface area contributed by atoms with Crippen molar-refractivity contribution in [3.8, 4) is 0 Å². The van der Waals surface area contributed by atoms with Crippen molar-refractivity contribution in [1.29, 1.82) is 0 Å². The zero-order valence-corrected chi connectivity index (χ0v) is 12.4. The summed E-state index contributed by atoms with van der Waals surface area (Å²) in [5.74, 6) is -1.73. The number of rotatable bonds is 3. The van der Waals surface area contributed by atoms with Gasteiger partial charge in [0.25, 0.3) is 0 Å². The van der Waals surface area contributed by atoms with Crippen molar-refractivity contribution >= 4 is 11.9 Å². The predicted octanol–water partition coefficient (Wildman–Crippen LogP) is 2.88. The molecule has 9 heteroatoms. The number of anilines is 1. The number of alkyl halides is 3. The lowest BCUT2D eigenvalue weighted by Crippen LogP contribution is -2.32. The summed E-state index contributed by atoms with van der Waals surface area (Å²) in [4.78, 5) is 20.4. The number of hydrogen-bond acceptors (Lipinski definition) is 5. The lowest BCUT2D eigenvalue weighted by molar-refractivity contribution is -0.140. The van der Waals surface area contributed by atoms with Crippen LogP contribution in [-0.4, -0.2) is 35.6 Å². The molecule has 1 aliphatic heterocycles. The zero-order valence-electron chi connectivity index (χ0n) is 12.4. The summed E-state index contributed by atoms with van der Waals surface area (Å²) in [5, 5.41) is 0. The molecule has 0 amide bonds. The highest BCUT2D eigenvalue weighted by atomic mass is 19.4. The second-order valence-electron chi connectivity index (χ2n) is 4.89. The molecule has 0 spiro atoms. The minimum absolute atomic E-state index is 0.0883. The normalized spacial score (nSPS) is 15.5. The van der Waals surface area contributed by atoms with Crippen LogP contribution in [0, 0.1) is 0 Å². The molecule has 1 fully saturated rings. The van der Waals surface area contributed by atoms with Crippen LogP contribution in [0.2, 0.25) is 0 Å². The average molecular weight is 333 g/mol. The average Bonchev–Trinajstić information content (AvgIpc) is 2.54. The van der Waals surface area contributed by atoms with E-state index in [0.717, 1.165) is 0 Å². The van der Waals surface area contributed by atoms with Crippen LogP contribution in [-0.2, 0) is 15.7 Å². The summed E-state index contributed by atoms with van der Waals surface area (Å²) < 4.78 is 55.8. The van der Waals surface area contributed by atoms with E-state index in [1.807, 2.05) is 0 Å². The van der Waals surface area contributed by atoms with Crippen molar-refractivity contribution in [1.82, 2.24) is 9.97 Å². The van der Waals surface area contributed by atoms with Crippen LogP contribution in [0.5, 0.6) is 0 Å². The first-order valence-corrected chi connectivity index (χ1v) is 7.01. The van der Waals surface area contributed by atoms with Crippen molar-refractivity contribution in [3.05, 3.63) is 29.4 Å². The highest BCUT2D eigenvalue weighted by molar-refractivity contribution is 5.86. The van der Waals surface area contributed by atoms with E-state index in [0.29, 0.717) is 31.1 Å². The molecule has 0 atom stereocenters. The summed E-state index contributed by atoms with van der Waals surface area (Å²) in [6.07, 6.45) is -2.54. The molecule has 0 saturated carbocycles. The van der Waals surface area contributed by atoms with Gasteiger partial charge in [-0.1, -0.05) is 0 Å². The maximum atomic E-state index is 13.8. The van der Waals surface area contributed by atoms with E-state index >= 15 is 0 Å². The molecule has 0 bridgehead atoms. The number of carbonyl (C=O) groups is 1. The Labute approximate surface area is 130 Å². The Hall–Kier alpha value is -2.19. The van der Waals surface area contributed by atoms with Crippen LogP contribution in [0.4, 0.5) is 23.5 Å². The zero-order chi connectivity index (χ0) is 17.0. The molecule has 1 saturated heterocycles. The standard InChI is InChI=1S/C14H15F4N3O2/c1-2-23-12(22)11(15)9-3-5-21(6-4-9)13-19-7-10(8-20-13)14(16,17)18/h7-8H,2-6H2,1H3. The predicted molar refractivity (Wildman–Crippen MR) is 73.2 cm³/mol. The highest BCUT2D eigenvalue weighted by Gasteiger charge is 2.32. The van der Waals surface area contributed by atoms with E-state index in [1.54, 1.807) is 11.8 Å². The van der Waals surface area contributed by atoms with Crippen molar-refractivity contribution in [2.24, 2.45) is 0 Å². The molecule has 1 aromatic rings. The highest BCUT2D eigenvalue weighted by Crippen LogP contribution is 2.29. The molecule has 1 aromatic heterocycles.